The third-order valence-electron chi connectivity index (χ3n) is 2.08. The second kappa shape index (κ2) is 3.32. The van der Waals surface area contributed by atoms with Gasteiger partial charge in [-0.05, 0) is 0 Å². The molecule has 2 heterocycles. The van der Waals surface area contributed by atoms with Gasteiger partial charge in [-0.25, -0.2) is 8.42 Å². The summed E-state index contributed by atoms with van der Waals surface area (Å²) in [4.78, 5) is 4.00. The first-order chi connectivity index (χ1) is 6.57. The lowest BCUT2D eigenvalue weighted by Crippen LogP contribution is -2.39. The Morgan fingerprint density at radius 2 is 2.36 bits per heavy atom. The number of sulfone groups is 1. The molecule has 1 atom stereocenters. The first-order valence-corrected chi connectivity index (χ1v) is 6.13. The number of aromatic nitrogens is 2. The van der Waals surface area contributed by atoms with Crippen LogP contribution in [0.3, 0.4) is 0 Å². The van der Waals surface area contributed by atoms with Gasteiger partial charge in [-0.15, -0.1) is 0 Å². The van der Waals surface area contributed by atoms with E-state index in [1.165, 1.54) is 0 Å². The van der Waals surface area contributed by atoms with Gasteiger partial charge in [0.15, 0.2) is 15.7 Å². The number of rotatable bonds is 1. The summed E-state index contributed by atoms with van der Waals surface area (Å²) < 4.78 is 27.4. The van der Waals surface area contributed by atoms with Crippen LogP contribution >= 0.6 is 0 Å². The molecule has 0 aliphatic carbocycles. The molecule has 6 nitrogen and oxygen atoms in total. The summed E-state index contributed by atoms with van der Waals surface area (Å²) in [5, 5.41) is 6.73. The van der Waals surface area contributed by atoms with E-state index in [0.717, 1.165) is 0 Å². The molecule has 7 heteroatoms. The van der Waals surface area contributed by atoms with Gasteiger partial charge in [0.05, 0.1) is 17.5 Å². The molecule has 1 unspecified atom stereocenters. The van der Waals surface area contributed by atoms with Crippen molar-refractivity contribution < 1.29 is 12.9 Å². The van der Waals surface area contributed by atoms with Crippen molar-refractivity contribution in [3.8, 4) is 0 Å². The van der Waals surface area contributed by atoms with Crippen molar-refractivity contribution in [2.45, 2.75) is 13.0 Å². The molecule has 0 saturated carbocycles. The Balaban J connectivity index is 2.20. The molecule has 1 saturated heterocycles. The van der Waals surface area contributed by atoms with Gasteiger partial charge < -0.3 is 9.84 Å². The van der Waals surface area contributed by atoms with E-state index in [1.807, 2.05) is 0 Å². The van der Waals surface area contributed by atoms with E-state index < -0.39 is 9.84 Å². The Hall–Kier alpha value is -0.950. The minimum absolute atomic E-state index is 0.0476. The highest BCUT2D eigenvalue weighted by Gasteiger charge is 2.28. The molecule has 1 aromatic heterocycles. The average molecular weight is 217 g/mol. The zero-order chi connectivity index (χ0) is 10.2. The topological polar surface area (TPSA) is 85.1 Å². The summed E-state index contributed by atoms with van der Waals surface area (Å²) in [5.41, 5.74) is 0. The number of nitrogens with zero attached hydrogens (tertiary/aromatic N) is 2. The lowest BCUT2D eigenvalue weighted by molar-refractivity contribution is 0.379. The molecule has 0 amide bonds. The molecule has 2 rings (SSSR count). The predicted octanol–water partition coefficient (Wildman–Crippen LogP) is -0.563. The van der Waals surface area contributed by atoms with E-state index >= 15 is 0 Å². The lowest BCUT2D eigenvalue weighted by atomic mass is 10.3. The quantitative estimate of drug-likeness (QED) is 0.678. The van der Waals surface area contributed by atoms with E-state index in [-0.39, 0.29) is 17.5 Å². The van der Waals surface area contributed by atoms with Crippen LogP contribution in [-0.4, -0.2) is 36.6 Å². The van der Waals surface area contributed by atoms with Crippen LogP contribution in [0.4, 0.5) is 0 Å². The van der Waals surface area contributed by atoms with Crippen molar-refractivity contribution in [1.82, 2.24) is 15.5 Å². The van der Waals surface area contributed by atoms with Crippen LogP contribution in [0.5, 0.6) is 0 Å². The maximum Gasteiger partial charge on any atom is 0.223 e. The zero-order valence-electron chi connectivity index (χ0n) is 7.73. The Bertz CT molecular complexity index is 425. The van der Waals surface area contributed by atoms with Gasteiger partial charge >= 0.3 is 0 Å². The molecule has 1 N–H and O–H groups in total. The highest BCUT2D eigenvalue weighted by atomic mass is 32.2. The highest BCUT2D eigenvalue weighted by Crippen LogP contribution is 2.15. The fourth-order valence-corrected chi connectivity index (χ4v) is 2.78. The smallest absolute Gasteiger partial charge is 0.223 e. The van der Waals surface area contributed by atoms with E-state index in [9.17, 15) is 8.42 Å². The standard InChI is InChI=1S/C7H11N3O3S/c1-5-9-7(10-13-5)6-4-14(11,12)3-2-8-6/h6,8H,2-4H2,1H3. The van der Waals surface area contributed by atoms with Gasteiger partial charge in [0.2, 0.25) is 5.89 Å². The van der Waals surface area contributed by atoms with Crippen LogP contribution in [0.2, 0.25) is 0 Å². The van der Waals surface area contributed by atoms with Crippen LogP contribution in [0, 0.1) is 6.92 Å². The first-order valence-electron chi connectivity index (χ1n) is 4.31. The zero-order valence-corrected chi connectivity index (χ0v) is 8.54. The SMILES string of the molecule is Cc1nc(C2CS(=O)(=O)CCN2)no1. The fourth-order valence-electron chi connectivity index (χ4n) is 1.41. The Morgan fingerprint density at radius 1 is 1.57 bits per heavy atom. The second-order valence-corrected chi connectivity index (χ2v) is 5.52. The van der Waals surface area contributed by atoms with Gasteiger partial charge in [0.1, 0.15) is 0 Å². The van der Waals surface area contributed by atoms with Crippen molar-refractivity contribution in [3.05, 3.63) is 11.7 Å². The molecule has 78 valence electrons. The van der Waals surface area contributed by atoms with Crippen molar-refractivity contribution in [2.75, 3.05) is 18.1 Å². The lowest BCUT2D eigenvalue weighted by Gasteiger charge is -2.20. The normalized spacial score (nSPS) is 26.2. The van der Waals surface area contributed by atoms with Crippen molar-refractivity contribution in [1.29, 1.82) is 0 Å². The number of hydrogen-bond donors (Lipinski definition) is 1. The number of nitrogens with one attached hydrogen (secondary N) is 1. The van der Waals surface area contributed by atoms with Crippen LogP contribution in [0.25, 0.3) is 0 Å². The van der Waals surface area contributed by atoms with Crippen molar-refractivity contribution in [2.24, 2.45) is 0 Å². The predicted molar refractivity (Wildman–Crippen MR) is 48.4 cm³/mol. The molecule has 14 heavy (non-hydrogen) atoms. The van der Waals surface area contributed by atoms with E-state index in [0.29, 0.717) is 18.3 Å². The maximum absolute atomic E-state index is 11.3. The molecule has 1 aliphatic rings. The van der Waals surface area contributed by atoms with Gasteiger partial charge in [0.25, 0.3) is 0 Å². The second-order valence-electron chi connectivity index (χ2n) is 3.29. The third-order valence-corrected chi connectivity index (χ3v) is 3.75. The van der Waals surface area contributed by atoms with Crippen molar-refractivity contribution in [3.63, 3.8) is 0 Å². The minimum atomic E-state index is -2.95. The molecule has 1 aromatic rings. The summed E-state index contributed by atoms with van der Waals surface area (Å²) in [5.74, 6) is 1.10. The van der Waals surface area contributed by atoms with Gasteiger partial charge in [0, 0.05) is 13.5 Å². The molecule has 0 spiro atoms. The average Bonchev–Trinajstić information content (AvgIpc) is 2.50. The summed E-state index contributed by atoms with van der Waals surface area (Å²) in [6.07, 6.45) is 0. The fraction of sp³-hybridized carbons (Fsp3) is 0.714. The Morgan fingerprint density at radius 3 is 2.93 bits per heavy atom. The van der Waals surface area contributed by atoms with Gasteiger partial charge in [-0.3, -0.25) is 0 Å². The summed E-state index contributed by atoms with van der Waals surface area (Å²) in [7, 11) is -2.95. The molecular formula is C7H11N3O3S. The van der Waals surface area contributed by atoms with E-state index in [4.69, 9.17) is 4.52 Å². The summed E-state index contributed by atoms with van der Waals surface area (Å²) in [6.45, 7) is 2.12. The molecule has 0 aromatic carbocycles. The van der Waals surface area contributed by atoms with E-state index in [2.05, 4.69) is 15.5 Å². The van der Waals surface area contributed by atoms with Gasteiger partial charge in [-0.2, -0.15) is 4.98 Å². The summed E-state index contributed by atoms with van der Waals surface area (Å²) in [6, 6.07) is -0.328. The number of hydrogen-bond acceptors (Lipinski definition) is 6. The van der Waals surface area contributed by atoms with Crippen molar-refractivity contribution >= 4 is 9.84 Å². The molecule has 0 radical (unpaired) electrons. The Kier molecular flexibility index (Phi) is 2.28. The first kappa shape index (κ1) is 9.60. The maximum atomic E-state index is 11.3. The monoisotopic (exact) mass is 217 g/mol. The molecule has 1 aliphatic heterocycles. The van der Waals surface area contributed by atoms with Crippen LogP contribution in [0.1, 0.15) is 17.8 Å². The Labute approximate surface area is 81.6 Å². The van der Waals surface area contributed by atoms with Gasteiger partial charge in [-0.1, -0.05) is 5.16 Å². The van der Waals surface area contributed by atoms with E-state index in [1.54, 1.807) is 6.92 Å². The largest absolute Gasteiger partial charge is 0.340 e. The minimum Gasteiger partial charge on any atom is -0.340 e. The molecule has 0 bridgehead atoms. The van der Waals surface area contributed by atoms with Crippen LogP contribution in [0.15, 0.2) is 4.52 Å². The number of aryl methyl sites for hydroxylation is 1. The summed E-state index contributed by atoms with van der Waals surface area (Å²) >= 11 is 0. The molecular weight excluding hydrogens is 206 g/mol. The van der Waals surface area contributed by atoms with Crippen LogP contribution < -0.4 is 5.32 Å². The van der Waals surface area contributed by atoms with Crippen LogP contribution in [-0.2, 0) is 9.84 Å². The molecule has 1 fully saturated rings. The third kappa shape index (κ3) is 1.93. The highest BCUT2D eigenvalue weighted by molar-refractivity contribution is 7.91.